The van der Waals surface area contributed by atoms with Gasteiger partial charge in [0, 0.05) is 20.5 Å². The summed E-state index contributed by atoms with van der Waals surface area (Å²) >= 11 is 0. The molecule has 1 aromatic carbocycles. The Morgan fingerprint density at radius 2 is 1.77 bits per heavy atom. The van der Waals surface area contributed by atoms with E-state index in [4.69, 9.17) is 0 Å². The Balaban J connectivity index is 0.00000171. The van der Waals surface area contributed by atoms with Crippen LogP contribution in [0.2, 0.25) is 0 Å². The molecular formula is C20H20N5NaO4. The van der Waals surface area contributed by atoms with E-state index < -0.39 is 16.8 Å². The second kappa shape index (κ2) is 8.10. The molecule has 10 heteroatoms. The number of aromatic nitrogens is 5. The Labute approximate surface area is 193 Å². The third kappa shape index (κ3) is 3.15. The molecule has 9 nitrogen and oxygen atoms in total. The summed E-state index contributed by atoms with van der Waals surface area (Å²) in [7, 11) is 2.82. The van der Waals surface area contributed by atoms with E-state index >= 15 is 0 Å². The van der Waals surface area contributed by atoms with E-state index in [1.807, 2.05) is 30.3 Å². The second-order valence-corrected chi connectivity index (χ2v) is 6.80. The van der Waals surface area contributed by atoms with Gasteiger partial charge in [-0.05, 0) is 5.56 Å². The number of aryl methyl sites for hydroxylation is 1. The van der Waals surface area contributed by atoms with Crippen molar-refractivity contribution in [3.05, 3.63) is 85.3 Å². The SMILES string of the molecule is C=CCc1c(O)n(Cc2ccccc2)c2nc3c(c(=O)n(C)c(=O)n3C)n2c1=O.[H-].[Na+]. The molecule has 30 heavy (non-hydrogen) atoms. The first-order valence-electron chi connectivity index (χ1n) is 8.94. The molecule has 0 fully saturated rings. The van der Waals surface area contributed by atoms with Gasteiger partial charge in [0.25, 0.3) is 11.1 Å². The average molecular weight is 417 g/mol. The van der Waals surface area contributed by atoms with Gasteiger partial charge in [-0.25, -0.2) is 9.20 Å². The van der Waals surface area contributed by atoms with Crippen molar-refractivity contribution in [1.29, 1.82) is 0 Å². The van der Waals surface area contributed by atoms with E-state index in [0.717, 1.165) is 10.1 Å². The topological polar surface area (TPSA) is 104 Å². The number of fused-ring (bicyclic) bond motifs is 3. The summed E-state index contributed by atoms with van der Waals surface area (Å²) in [5, 5.41) is 10.8. The summed E-state index contributed by atoms with van der Waals surface area (Å²) in [4.78, 5) is 42.6. The average Bonchev–Trinajstić information content (AvgIpc) is 3.13. The third-order valence-corrected chi connectivity index (χ3v) is 5.00. The smallest absolute Gasteiger partial charge is 1.00 e. The monoisotopic (exact) mass is 417 g/mol. The number of rotatable bonds is 4. The van der Waals surface area contributed by atoms with Gasteiger partial charge in [0.2, 0.25) is 11.7 Å². The number of imidazole rings is 1. The summed E-state index contributed by atoms with van der Waals surface area (Å²) in [5.41, 5.74) is -0.725. The minimum Gasteiger partial charge on any atom is -1.00 e. The van der Waals surface area contributed by atoms with Crippen molar-refractivity contribution in [2.24, 2.45) is 14.1 Å². The molecule has 4 aromatic rings. The number of hydrogen-bond donors (Lipinski definition) is 1. The molecule has 0 saturated carbocycles. The predicted octanol–water partition coefficient (Wildman–Crippen LogP) is -2.35. The number of nitrogens with zero attached hydrogens (tertiary/aromatic N) is 5. The van der Waals surface area contributed by atoms with Gasteiger partial charge in [-0.2, -0.15) is 4.98 Å². The van der Waals surface area contributed by atoms with Gasteiger partial charge in [0.15, 0.2) is 11.2 Å². The largest absolute Gasteiger partial charge is 1.00 e. The van der Waals surface area contributed by atoms with E-state index in [2.05, 4.69) is 11.6 Å². The number of hydrogen-bond acceptors (Lipinski definition) is 5. The minimum absolute atomic E-state index is 0. The minimum atomic E-state index is -0.630. The maximum atomic E-state index is 13.1. The van der Waals surface area contributed by atoms with Crippen LogP contribution in [0, 0.1) is 0 Å². The summed E-state index contributed by atoms with van der Waals surface area (Å²) in [6, 6.07) is 9.34. The standard InChI is InChI=1S/C20H19N5O4.Na.H/c1-4-8-13-16(26)24(11-12-9-6-5-7-10-12)19-21-15-14(25(19)17(13)27)18(28)23(3)20(29)22(15)2;;/h4-7,9-10,26H,1,8,11H2,2-3H3;;/q;+1;-1. The van der Waals surface area contributed by atoms with E-state index in [9.17, 15) is 19.5 Å². The molecule has 4 rings (SSSR count). The first-order chi connectivity index (χ1) is 13.9. The fraction of sp³-hybridized carbons (Fsp3) is 0.200. The van der Waals surface area contributed by atoms with Crippen LogP contribution in [0.4, 0.5) is 0 Å². The number of allylic oxidation sites excluding steroid dienone is 1. The van der Waals surface area contributed by atoms with Crippen molar-refractivity contribution < 1.29 is 36.1 Å². The molecule has 0 aliphatic carbocycles. The molecule has 0 bridgehead atoms. The van der Waals surface area contributed by atoms with Gasteiger partial charge in [0.1, 0.15) is 0 Å². The van der Waals surface area contributed by atoms with Gasteiger partial charge in [-0.1, -0.05) is 36.4 Å². The van der Waals surface area contributed by atoms with Crippen LogP contribution in [0.15, 0.2) is 57.4 Å². The Morgan fingerprint density at radius 1 is 1.10 bits per heavy atom. The summed E-state index contributed by atoms with van der Waals surface area (Å²) < 4.78 is 4.76. The van der Waals surface area contributed by atoms with E-state index in [1.165, 1.54) is 33.7 Å². The van der Waals surface area contributed by atoms with Crippen LogP contribution >= 0.6 is 0 Å². The van der Waals surface area contributed by atoms with Crippen LogP contribution in [0.5, 0.6) is 5.88 Å². The van der Waals surface area contributed by atoms with Gasteiger partial charge in [0.05, 0.1) is 12.1 Å². The van der Waals surface area contributed by atoms with Gasteiger partial charge in [-0.15, -0.1) is 6.58 Å². The molecule has 0 aliphatic heterocycles. The van der Waals surface area contributed by atoms with Gasteiger partial charge >= 0.3 is 35.2 Å². The molecule has 0 amide bonds. The first kappa shape index (κ1) is 21.8. The van der Waals surface area contributed by atoms with Crippen molar-refractivity contribution in [1.82, 2.24) is 23.1 Å². The molecule has 1 N–H and O–H groups in total. The van der Waals surface area contributed by atoms with Gasteiger partial charge in [-0.3, -0.25) is 23.3 Å². The molecule has 0 spiro atoms. The summed E-state index contributed by atoms with van der Waals surface area (Å²) in [6.07, 6.45) is 1.61. The van der Waals surface area contributed by atoms with Crippen LogP contribution in [0.3, 0.4) is 0 Å². The van der Waals surface area contributed by atoms with Crippen molar-refractivity contribution in [2.45, 2.75) is 13.0 Å². The second-order valence-electron chi connectivity index (χ2n) is 6.80. The molecule has 0 unspecified atom stereocenters. The predicted molar refractivity (Wildman–Crippen MR) is 110 cm³/mol. The fourth-order valence-corrected chi connectivity index (χ4v) is 3.48. The molecular weight excluding hydrogens is 397 g/mol. The normalized spacial score (nSPS) is 11.0. The fourth-order valence-electron chi connectivity index (χ4n) is 3.48. The van der Waals surface area contributed by atoms with Crippen LogP contribution < -0.4 is 46.4 Å². The third-order valence-electron chi connectivity index (χ3n) is 5.00. The van der Waals surface area contributed by atoms with E-state index in [0.29, 0.717) is 0 Å². The number of benzene rings is 1. The maximum absolute atomic E-state index is 13.1. The molecule has 150 valence electrons. The first-order valence-corrected chi connectivity index (χ1v) is 8.94. The van der Waals surface area contributed by atoms with E-state index in [1.54, 1.807) is 0 Å². The summed E-state index contributed by atoms with van der Waals surface area (Å²) in [6.45, 7) is 3.86. The molecule has 3 aromatic heterocycles. The van der Waals surface area contributed by atoms with Crippen LogP contribution in [-0.4, -0.2) is 28.2 Å². The quantitative estimate of drug-likeness (QED) is 0.296. The zero-order valence-electron chi connectivity index (χ0n) is 18.0. The zero-order chi connectivity index (χ0) is 20.9. The molecule has 0 radical (unpaired) electrons. The Morgan fingerprint density at radius 3 is 2.40 bits per heavy atom. The van der Waals surface area contributed by atoms with Crippen LogP contribution in [0.1, 0.15) is 12.6 Å². The van der Waals surface area contributed by atoms with Crippen molar-refractivity contribution in [3.8, 4) is 5.88 Å². The number of aromatic hydroxyl groups is 1. The summed E-state index contributed by atoms with van der Waals surface area (Å²) in [5.74, 6) is -0.166. The van der Waals surface area contributed by atoms with Crippen molar-refractivity contribution in [3.63, 3.8) is 0 Å². The van der Waals surface area contributed by atoms with E-state index in [-0.39, 0.29) is 72.3 Å². The van der Waals surface area contributed by atoms with Crippen LogP contribution in [-0.2, 0) is 27.1 Å². The van der Waals surface area contributed by atoms with Crippen molar-refractivity contribution >= 4 is 16.9 Å². The molecule has 3 heterocycles. The van der Waals surface area contributed by atoms with Crippen LogP contribution in [0.25, 0.3) is 16.9 Å². The zero-order valence-corrected chi connectivity index (χ0v) is 19.0. The maximum Gasteiger partial charge on any atom is 1.00 e. The Hall–Kier alpha value is -2.88. The Bertz CT molecular complexity index is 1470. The molecule has 0 atom stereocenters. The van der Waals surface area contributed by atoms with Crippen molar-refractivity contribution in [2.75, 3.05) is 0 Å². The molecule has 0 saturated heterocycles. The van der Waals surface area contributed by atoms with Gasteiger partial charge < -0.3 is 6.53 Å². The Kier molecular flexibility index (Phi) is 5.89. The molecule has 0 aliphatic rings.